The fraction of sp³-hybridized carbons (Fsp3) is 0.412. The van der Waals surface area contributed by atoms with E-state index in [0.29, 0.717) is 18.3 Å². The van der Waals surface area contributed by atoms with E-state index >= 15 is 0 Å². The van der Waals surface area contributed by atoms with Gasteiger partial charge in [0.1, 0.15) is 0 Å². The minimum Gasteiger partial charge on any atom is -0.322 e. The summed E-state index contributed by atoms with van der Waals surface area (Å²) in [4.78, 5) is 34.4. The summed E-state index contributed by atoms with van der Waals surface area (Å²) in [6, 6.07) is 4.02. The van der Waals surface area contributed by atoms with E-state index in [2.05, 4.69) is 28.8 Å². The predicted octanol–water partition coefficient (Wildman–Crippen LogP) is 2.25. The van der Waals surface area contributed by atoms with Crippen LogP contribution in [0.1, 0.15) is 31.4 Å². The number of nitrogens with zero attached hydrogens (tertiary/aromatic N) is 3. The molecular formula is C17H20N4O2. The zero-order valence-corrected chi connectivity index (χ0v) is 13.8. The fourth-order valence-electron chi connectivity index (χ4n) is 2.66. The molecule has 0 saturated carbocycles. The molecular weight excluding hydrogens is 292 g/mol. The molecule has 6 nitrogen and oxygen atoms in total. The number of aryl methyl sites for hydroxylation is 3. The predicted molar refractivity (Wildman–Crippen MR) is 90.0 cm³/mol. The first kappa shape index (κ1) is 15.4. The maximum atomic E-state index is 12.1. The lowest BCUT2D eigenvalue weighted by molar-refractivity contribution is 0.521. The highest BCUT2D eigenvalue weighted by molar-refractivity contribution is 5.81. The van der Waals surface area contributed by atoms with Gasteiger partial charge in [-0.25, -0.2) is 9.78 Å². The second kappa shape index (κ2) is 5.61. The van der Waals surface area contributed by atoms with Crippen LogP contribution in [0.15, 0.2) is 21.7 Å². The Hall–Kier alpha value is -2.50. The minimum absolute atomic E-state index is 0.212. The van der Waals surface area contributed by atoms with E-state index in [1.165, 1.54) is 0 Å². The molecule has 0 saturated heterocycles. The van der Waals surface area contributed by atoms with Crippen molar-refractivity contribution in [2.75, 3.05) is 0 Å². The van der Waals surface area contributed by atoms with E-state index in [4.69, 9.17) is 0 Å². The summed E-state index contributed by atoms with van der Waals surface area (Å²) in [6.07, 6.45) is 0.925. The summed E-state index contributed by atoms with van der Waals surface area (Å²) < 4.78 is 1.95. The third-order valence-corrected chi connectivity index (χ3v) is 4.15. The Labute approximate surface area is 133 Å². The van der Waals surface area contributed by atoms with Gasteiger partial charge in [0.15, 0.2) is 11.5 Å². The topological polar surface area (TPSA) is 80.6 Å². The first-order valence-corrected chi connectivity index (χ1v) is 7.78. The van der Waals surface area contributed by atoms with Crippen molar-refractivity contribution < 1.29 is 0 Å². The third-order valence-electron chi connectivity index (χ3n) is 4.15. The van der Waals surface area contributed by atoms with Crippen LogP contribution in [0.2, 0.25) is 0 Å². The Morgan fingerprint density at radius 1 is 1.13 bits per heavy atom. The number of hydrogen-bond donors (Lipinski definition) is 1. The molecule has 3 rings (SSSR count). The summed E-state index contributed by atoms with van der Waals surface area (Å²) in [5.74, 6) is 0.858. The van der Waals surface area contributed by atoms with E-state index < -0.39 is 11.2 Å². The van der Waals surface area contributed by atoms with Gasteiger partial charge in [-0.3, -0.25) is 9.78 Å². The van der Waals surface area contributed by atoms with Crippen molar-refractivity contribution in [3.63, 3.8) is 0 Å². The number of fused-ring (bicyclic) bond motifs is 2. The first-order valence-electron chi connectivity index (χ1n) is 7.78. The highest BCUT2D eigenvalue weighted by atomic mass is 16.2. The van der Waals surface area contributed by atoms with Crippen LogP contribution >= 0.6 is 0 Å². The molecule has 0 atom stereocenters. The van der Waals surface area contributed by atoms with E-state index in [0.717, 1.165) is 28.6 Å². The zero-order chi connectivity index (χ0) is 16.7. The Bertz CT molecular complexity index is 969. The van der Waals surface area contributed by atoms with E-state index in [-0.39, 0.29) is 5.69 Å². The summed E-state index contributed by atoms with van der Waals surface area (Å²) in [5, 5.41) is 0. The zero-order valence-electron chi connectivity index (χ0n) is 13.8. The number of H-pyrrole nitrogens is 1. The molecule has 0 radical (unpaired) electrons. The van der Waals surface area contributed by atoms with Crippen LogP contribution in [0.5, 0.6) is 0 Å². The van der Waals surface area contributed by atoms with Gasteiger partial charge < -0.3 is 4.57 Å². The molecule has 6 heteroatoms. The van der Waals surface area contributed by atoms with Crippen molar-refractivity contribution >= 4 is 11.0 Å². The lowest BCUT2D eigenvalue weighted by Gasteiger charge is -2.18. The van der Waals surface area contributed by atoms with E-state index in [1.54, 1.807) is 0 Å². The number of hydrogen-bond acceptors (Lipinski definition) is 4. The smallest absolute Gasteiger partial charge is 0.322 e. The molecule has 0 unspecified atom stereocenters. The molecule has 0 aromatic heterocycles. The molecule has 2 aliphatic heterocycles. The van der Waals surface area contributed by atoms with Gasteiger partial charge in [-0.05, 0) is 49.4 Å². The maximum Gasteiger partial charge on any atom is 0.349 e. The van der Waals surface area contributed by atoms with Gasteiger partial charge in [-0.1, -0.05) is 13.8 Å². The number of aromatic amines is 1. The monoisotopic (exact) mass is 312 g/mol. The van der Waals surface area contributed by atoms with Crippen molar-refractivity contribution in [1.29, 1.82) is 0 Å². The number of nitrogens with one attached hydrogen (secondary N) is 1. The highest BCUT2D eigenvalue weighted by Gasteiger charge is 2.19. The molecule has 120 valence electrons. The van der Waals surface area contributed by atoms with Crippen LogP contribution in [0.25, 0.3) is 22.6 Å². The van der Waals surface area contributed by atoms with Gasteiger partial charge in [-0.15, -0.1) is 0 Å². The molecule has 0 bridgehead atoms. The molecule has 23 heavy (non-hydrogen) atoms. The Balaban J connectivity index is 2.42. The normalized spacial score (nSPS) is 11.7. The number of rotatable bonds is 3. The van der Waals surface area contributed by atoms with Gasteiger partial charge in [0.2, 0.25) is 0 Å². The van der Waals surface area contributed by atoms with Crippen LogP contribution in [0.3, 0.4) is 0 Å². The summed E-state index contributed by atoms with van der Waals surface area (Å²) in [5.41, 5.74) is 3.00. The van der Waals surface area contributed by atoms with Gasteiger partial charge in [0.25, 0.3) is 5.56 Å². The van der Waals surface area contributed by atoms with Gasteiger partial charge >= 0.3 is 5.69 Å². The molecule has 0 aliphatic carbocycles. The van der Waals surface area contributed by atoms with Crippen molar-refractivity contribution in [2.24, 2.45) is 5.92 Å². The van der Waals surface area contributed by atoms with Crippen LogP contribution in [-0.4, -0.2) is 19.5 Å². The maximum absolute atomic E-state index is 12.1. The van der Waals surface area contributed by atoms with Gasteiger partial charge in [0, 0.05) is 6.54 Å². The summed E-state index contributed by atoms with van der Waals surface area (Å²) in [6.45, 7) is 9.02. The first-order chi connectivity index (χ1) is 10.9. The minimum atomic E-state index is -0.634. The van der Waals surface area contributed by atoms with Crippen LogP contribution in [0.4, 0.5) is 0 Å². The van der Waals surface area contributed by atoms with Crippen molar-refractivity contribution in [2.45, 2.75) is 40.7 Å². The Kier molecular flexibility index (Phi) is 3.75. The molecule has 1 aromatic carbocycles. The van der Waals surface area contributed by atoms with Crippen molar-refractivity contribution in [3.05, 3.63) is 44.1 Å². The second-order valence-corrected chi connectivity index (χ2v) is 6.41. The average Bonchev–Trinajstić information content (AvgIpc) is 2.46. The Morgan fingerprint density at radius 3 is 2.52 bits per heavy atom. The summed E-state index contributed by atoms with van der Waals surface area (Å²) in [7, 11) is 0. The lowest BCUT2D eigenvalue weighted by atomic mass is 10.1. The SMILES string of the molecule is Cc1cc2nc3c(=O)[nH]c(=O)nc-3n(CCC(C)C)c2cc1C. The third kappa shape index (κ3) is 2.76. The number of benzene rings is 1. The van der Waals surface area contributed by atoms with Gasteiger partial charge in [-0.2, -0.15) is 4.98 Å². The standard InChI is InChI=1S/C17H20N4O2/c1-9(2)5-6-21-13-8-11(4)10(3)7-12(13)18-14-15(21)19-17(23)20-16(14)22/h7-9H,5-6H2,1-4H3,(H,20,22,23). The molecule has 2 heterocycles. The fourth-order valence-corrected chi connectivity index (χ4v) is 2.66. The lowest BCUT2D eigenvalue weighted by Crippen LogP contribution is -2.29. The molecule has 0 fully saturated rings. The summed E-state index contributed by atoms with van der Waals surface area (Å²) >= 11 is 0. The van der Waals surface area contributed by atoms with E-state index in [9.17, 15) is 9.59 Å². The molecule has 1 aromatic rings. The van der Waals surface area contributed by atoms with Gasteiger partial charge in [0.05, 0.1) is 11.0 Å². The van der Waals surface area contributed by atoms with Crippen LogP contribution in [0, 0.1) is 19.8 Å². The average molecular weight is 312 g/mol. The molecule has 0 spiro atoms. The molecule has 1 N–H and O–H groups in total. The molecule has 0 amide bonds. The molecule has 2 aliphatic rings. The van der Waals surface area contributed by atoms with E-state index in [1.807, 2.05) is 30.5 Å². The van der Waals surface area contributed by atoms with Crippen LogP contribution < -0.4 is 11.2 Å². The number of aromatic nitrogens is 4. The Morgan fingerprint density at radius 2 is 1.83 bits per heavy atom. The second-order valence-electron chi connectivity index (χ2n) is 6.41. The quantitative estimate of drug-likeness (QED) is 0.752. The van der Waals surface area contributed by atoms with Crippen molar-refractivity contribution in [3.8, 4) is 11.5 Å². The van der Waals surface area contributed by atoms with Crippen LogP contribution in [-0.2, 0) is 6.54 Å². The highest BCUT2D eigenvalue weighted by Crippen LogP contribution is 2.24. The van der Waals surface area contributed by atoms with Crippen molar-refractivity contribution in [1.82, 2.24) is 19.5 Å². The largest absolute Gasteiger partial charge is 0.349 e.